The number of rotatable bonds is 4. The van der Waals surface area contributed by atoms with Gasteiger partial charge in [-0.25, -0.2) is 14.6 Å². The van der Waals surface area contributed by atoms with Crippen molar-refractivity contribution in [1.82, 2.24) is 14.8 Å². The minimum absolute atomic E-state index is 0.0300. The predicted molar refractivity (Wildman–Crippen MR) is 115 cm³/mol. The zero-order valence-electron chi connectivity index (χ0n) is 17.8. The molecule has 2 aromatic carbocycles. The molecule has 1 aliphatic heterocycles. The first-order valence-corrected chi connectivity index (χ1v) is 9.92. The second kappa shape index (κ2) is 7.58. The summed E-state index contributed by atoms with van der Waals surface area (Å²) in [6.45, 7) is 0. The largest absolute Gasteiger partial charge is 0.573 e. The standard InChI is InChI=1S/C23H15F3N4O4/c1-29-20-18(19(28-29)12-6-8-14(33-2)9-7-12)17-16(11-27-20)21(31)30(22(17)32)13-4-3-5-15(10-13)34-23(24,25)26/h3-11H,1-2H3. The van der Waals surface area contributed by atoms with Gasteiger partial charge in [0.05, 0.1) is 29.3 Å². The molecule has 0 spiro atoms. The molecule has 11 heteroatoms. The summed E-state index contributed by atoms with van der Waals surface area (Å²) < 4.78 is 48.6. The first-order valence-electron chi connectivity index (χ1n) is 9.92. The van der Waals surface area contributed by atoms with Crippen molar-refractivity contribution in [2.24, 2.45) is 7.05 Å². The van der Waals surface area contributed by atoms with Crippen molar-refractivity contribution >= 4 is 28.5 Å². The Kier molecular flexibility index (Phi) is 4.78. The number of pyridine rings is 1. The van der Waals surface area contributed by atoms with Gasteiger partial charge in [-0.05, 0) is 36.4 Å². The second-order valence-corrected chi connectivity index (χ2v) is 7.44. The summed E-state index contributed by atoms with van der Waals surface area (Å²) in [7, 11) is 3.20. The number of nitrogens with zero attached hydrogens (tertiary/aromatic N) is 4. The Labute approximate surface area is 190 Å². The van der Waals surface area contributed by atoms with Gasteiger partial charge in [0.25, 0.3) is 11.8 Å². The Balaban J connectivity index is 1.64. The fraction of sp³-hybridized carbons (Fsp3) is 0.130. The van der Waals surface area contributed by atoms with Gasteiger partial charge in [-0.3, -0.25) is 9.59 Å². The summed E-state index contributed by atoms with van der Waals surface area (Å²) >= 11 is 0. The van der Waals surface area contributed by atoms with Crippen LogP contribution < -0.4 is 14.4 Å². The molecule has 8 nitrogen and oxygen atoms in total. The number of amides is 2. The molecule has 4 aromatic rings. The molecular formula is C23H15F3N4O4. The molecule has 0 bridgehead atoms. The smallest absolute Gasteiger partial charge is 0.497 e. The van der Waals surface area contributed by atoms with Crippen LogP contribution in [0.5, 0.6) is 11.5 Å². The van der Waals surface area contributed by atoms with E-state index >= 15 is 0 Å². The number of aromatic nitrogens is 3. The number of aryl methyl sites for hydroxylation is 1. The second-order valence-electron chi connectivity index (χ2n) is 7.44. The van der Waals surface area contributed by atoms with Gasteiger partial charge in [-0.2, -0.15) is 5.10 Å². The maximum atomic E-state index is 13.5. The van der Waals surface area contributed by atoms with E-state index in [0.717, 1.165) is 17.0 Å². The Hall–Kier alpha value is -4.41. The van der Waals surface area contributed by atoms with E-state index in [2.05, 4.69) is 14.8 Å². The third-order valence-electron chi connectivity index (χ3n) is 5.38. The molecule has 0 unspecified atom stereocenters. The van der Waals surface area contributed by atoms with Gasteiger partial charge in [-0.1, -0.05) is 6.07 Å². The molecule has 3 heterocycles. The van der Waals surface area contributed by atoms with Crippen molar-refractivity contribution in [3.63, 3.8) is 0 Å². The first-order chi connectivity index (χ1) is 16.2. The van der Waals surface area contributed by atoms with E-state index in [4.69, 9.17) is 4.74 Å². The van der Waals surface area contributed by atoms with Crippen LogP contribution in [-0.2, 0) is 7.05 Å². The summed E-state index contributed by atoms with van der Waals surface area (Å²) in [5.41, 5.74) is 1.53. The SMILES string of the molecule is COc1ccc(-c2nn(C)c3ncc4c(c23)C(=O)N(c2cccc(OC(F)(F)F)c2)C4=O)cc1. The molecule has 0 aliphatic carbocycles. The van der Waals surface area contributed by atoms with Crippen molar-refractivity contribution in [2.75, 3.05) is 12.0 Å². The lowest BCUT2D eigenvalue weighted by atomic mass is 10.0. The molecule has 0 fully saturated rings. The Morgan fingerprint density at radius 3 is 2.38 bits per heavy atom. The fourth-order valence-corrected chi connectivity index (χ4v) is 3.93. The van der Waals surface area contributed by atoms with Crippen LogP contribution in [0.3, 0.4) is 0 Å². The van der Waals surface area contributed by atoms with Crippen molar-refractivity contribution in [2.45, 2.75) is 6.36 Å². The molecule has 172 valence electrons. The maximum absolute atomic E-state index is 13.5. The van der Waals surface area contributed by atoms with Gasteiger partial charge in [-0.15, -0.1) is 13.2 Å². The van der Waals surface area contributed by atoms with Gasteiger partial charge >= 0.3 is 6.36 Å². The molecule has 34 heavy (non-hydrogen) atoms. The lowest BCUT2D eigenvalue weighted by Crippen LogP contribution is -2.29. The molecule has 0 N–H and O–H groups in total. The van der Waals surface area contributed by atoms with E-state index in [1.807, 2.05) is 0 Å². The number of benzene rings is 2. The number of imide groups is 1. The highest BCUT2D eigenvalue weighted by molar-refractivity contribution is 6.38. The molecule has 0 radical (unpaired) electrons. The molecule has 2 amide bonds. The first kappa shape index (κ1) is 21.4. The molecule has 0 saturated carbocycles. The van der Waals surface area contributed by atoms with Crippen molar-refractivity contribution in [1.29, 1.82) is 0 Å². The summed E-state index contributed by atoms with van der Waals surface area (Å²) in [5, 5.41) is 4.86. The highest BCUT2D eigenvalue weighted by Crippen LogP contribution is 2.38. The number of halogens is 3. The van der Waals surface area contributed by atoms with Gasteiger partial charge in [0.15, 0.2) is 5.65 Å². The van der Waals surface area contributed by atoms with Crippen LogP contribution in [0.4, 0.5) is 18.9 Å². The number of hydrogen-bond acceptors (Lipinski definition) is 6. The zero-order chi connectivity index (χ0) is 24.2. The maximum Gasteiger partial charge on any atom is 0.573 e. The van der Waals surface area contributed by atoms with Crippen LogP contribution in [0.25, 0.3) is 22.3 Å². The molecule has 5 rings (SSSR count). The number of fused-ring (bicyclic) bond motifs is 3. The molecule has 1 aliphatic rings. The number of hydrogen-bond donors (Lipinski definition) is 0. The predicted octanol–water partition coefficient (Wildman–Crippen LogP) is 4.34. The monoisotopic (exact) mass is 468 g/mol. The highest BCUT2D eigenvalue weighted by Gasteiger charge is 2.41. The minimum atomic E-state index is -4.92. The Morgan fingerprint density at radius 2 is 1.71 bits per heavy atom. The summed E-state index contributed by atoms with van der Waals surface area (Å²) in [5.74, 6) is -1.32. The molecular weight excluding hydrogens is 453 g/mol. The lowest BCUT2D eigenvalue weighted by molar-refractivity contribution is -0.274. The van der Waals surface area contributed by atoms with Gasteiger partial charge in [0.2, 0.25) is 0 Å². The van der Waals surface area contributed by atoms with E-state index in [1.165, 1.54) is 30.1 Å². The highest BCUT2D eigenvalue weighted by atomic mass is 19.4. The number of anilines is 1. The normalized spacial score (nSPS) is 13.5. The van der Waals surface area contributed by atoms with E-state index < -0.39 is 23.9 Å². The number of alkyl halides is 3. The van der Waals surface area contributed by atoms with Gasteiger partial charge in [0.1, 0.15) is 17.2 Å². The fourth-order valence-electron chi connectivity index (χ4n) is 3.93. The van der Waals surface area contributed by atoms with Crippen LogP contribution >= 0.6 is 0 Å². The Bertz CT molecular complexity index is 1460. The number of carbonyl (C=O) groups excluding carboxylic acids is 2. The number of carbonyl (C=O) groups is 2. The average Bonchev–Trinajstić information content (AvgIpc) is 3.26. The van der Waals surface area contributed by atoms with E-state index in [0.29, 0.717) is 28.0 Å². The van der Waals surface area contributed by atoms with Crippen molar-refractivity contribution < 1.29 is 32.2 Å². The lowest BCUT2D eigenvalue weighted by Gasteiger charge is -2.16. The molecule has 2 aromatic heterocycles. The number of methoxy groups -OCH3 is 1. The average molecular weight is 468 g/mol. The van der Waals surface area contributed by atoms with Crippen LogP contribution in [0.15, 0.2) is 54.7 Å². The Morgan fingerprint density at radius 1 is 0.971 bits per heavy atom. The van der Waals surface area contributed by atoms with E-state index in [9.17, 15) is 22.8 Å². The third kappa shape index (κ3) is 3.41. The van der Waals surface area contributed by atoms with Crippen LogP contribution in [0, 0.1) is 0 Å². The topological polar surface area (TPSA) is 86.6 Å². The summed E-state index contributed by atoms with van der Waals surface area (Å²) in [4.78, 5) is 31.7. The zero-order valence-corrected chi connectivity index (χ0v) is 17.8. The van der Waals surface area contributed by atoms with Crippen LogP contribution in [-0.4, -0.2) is 40.1 Å². The summed E-state index contributed by atoms with van der Waals surface area (Å²) in [6, 6.07) is 11.7. The third-order valence-corrected chi connectivity index (χ3v) is 5.38. The number of ether oxygens (including phenoxy) is 2. The molecule has 0 saturated heterocycles. The summed E-state index contributed by atoms with van der Waals surface area (Å²) in [6.07, 6.45) is -3.65. The van der Waals surface area contributed by atoms with Gasteiger partial charge in [0, 0.05) is 24.9 Å². The van der Waals surface area contributed by atoms with E-state index in [-0.39, 0.29) is 16.8 Å². The van der Waals surface area contributed by atoms with Crippen molar-refractivity contribution in [3.8, 4) is 22.8 Å². The van der Waals surface area contributed by atoms with E-state index in [1.54, 1.807) is 31.3 Å². The van der Waals surface area contributed by atoms with Crippen LogP contribution in [0.2, 0.25) is 0 Å². The van der Waals surface area contributed by atoms with Crippen LogP contribution in [0.1, 0.15) is 20.7 Å². The molecule has 0 atom stereocenters. The quantitative estimate of drug-likeness (QED) is 0.414. The van der Waals surface area contributed by atoms with Crippen molar-refractivity contribution in [3.05, 3.63) is 65.9 Å². The van der Waals surface area contributed by atoms with Gasteiger partial charge < -0.3 is 9.47 Å². The minimum Gasteiger partial charge on any atom is -0.497 e.